The molecule has 0 spiro atoms. The summed E-state index contributed by atoms with van der Waals surface area (Å²) >= 11 is 0. The summed E-state index contributed by atoms with van der Waals surface area (Å²) < 4.78 is 17.1. The minimum absolute atomic E-state index is 0.0746. The number of nitrogens with zero attached hydrogens (tertiary/aromatic N) is 1. The Hall–Kier alpha value is -2.79. The van der Waals surface area contributed by atoms with Gasteiger partial charge in [-0.15, -0.1) is 0 Å². The Kier molecular flexibility index (Phi) is 9.17. The molecule has 0 amide bonds. The fraction of sp³-hybridized carbons (Fsp3) is 0.444. The lowest BCUT2D eigenvalue weighted by Crippen LogP contribution is -2.26. The third-order valence-corrected chi connectivity index (χ3v) is 5.54. The number of benzene rings is 2. The molecular weight excluding hydrogens is 402 g/mol. The summed E-state index contributed by atoms with van der Waals surface area (Å²) in [7, 11) is 1.62. The highest BCUT2D eigenvalue weighted by Crippen LogP contribution is 2.26. The van der Waals surface area contributed by atoms with Crippen molar-refractivity contribution in [2.45, 2.75) is 46.0 Å². The van der Waals surface area contributed by atoms with Crippen LogP contribution in [0.1, 0.15) is 46.0 Å². The molecule has 172 valence electrons. The Labute approximate surface area is 191 Å². The lowest BCUT2D eigenvalue weighted by molar-refractivity contribution is 0.259. The Morgan fingerprint density at radius 3 is 2.25 bits per heavy atom. The van der Waals surface area contributed by atoms with E-state index in [0.29, 0.717) is 29.1 Å². The molecule has 0 atom stereocenters. The number of ether oxygens (including phenoxy) is 2. The standard InChI is InChI=1S/C27H35NO4/c1-4-15-28(16-5-2)17-7-6-8-18-31-23-13-14-26-24(19-23)25(29)20-27(32-26)21-9-11-22(30-3)12-10-21/h9-14,19-20H,4-8,15-18H2,1-3H3. The van der Waals surface area contributed by atoms with Crippen LogP contribution in [0.15, 0.2) is 57.7 Å². The van der Waals surface area contributed by atoms with Crippen LogP contribution in [0.3, 0.4) is 0 Å². The maximum atomic E-state index is 12.7. The van der Waals surface area contributed by atoms with Gasteiger partial charge in [0.15, 0.2) is 5.43 Å². The highest BCUT2D eigenvalue weighted by Gasteiger charge is 2.09. The summed E-state index contributed by atoms with van der Waals surface area (Å²) in [6.45, 7) is 8.66. The summed E-state index contributed by atoms with van der Waals surface area (Å²) in [6, 6.07) is 14.5. The van der Waals surface area contributed by atoms with Gasteiger partial charge in [-0.05, 0) is 94.2 Å². The van der Waals surface area contributed by atoms with Gasteiger partial charge in [-0.2, -0.15) is 0 Å². The van der Waals surface area contributed by atoms with E-state index >= 15 is 0 Å². The van der Waals surface area contributed by atoms with E-state index in [2.05, 4.69) is 18.7 Å². The first-order chi connectivity index (χ1) is 15.6. The van der Waals surface area contributed by atoms with Gasteiger partial charge < -0.3 is 18.8 Å². The zero-order valence-electron chi connectivity index (χ0n) is 19.6. The second kappa shape index (κ2) is 12.3. The van der Waals surface area contributed by atoms with Crippen LogP contribution >= 0.6 is 0 Å². The van der Waals surface area contributed by atoms with Gasteiger partial charge in [-0.25, -0.2) is 0 Å². The molecule has 0 aliphatic carbocycles. The van der Waals surface area contributed by atoms with Crippen LogP contribution in [0.2, 0.25) is 0 Å². The highest BCUT2D eigenvalue weighted by molar-refractivity contribution is 5.80. The van der Waals surface area contributed by atoms with Crippen LogP contribution in [0.4, 0.5) is 0 Å². The van der Waals surface area contributed by atoms with Gasteiger partial charge in [0.1, 0.15) is 22.8 Å². The van der Waals surface area contributed by atoms with Gasteiger partial charge in [0.05, 0.1) is 19.1 Å². The first kappa shape index (κ1) is 23.9. The maximum Gasteiger partial charge on any atom is 0.193 e. The van der Waals surface area contributed by atoms with Crippen LogP contribution in [0.5, 0.6) is 11.5 Å². The molecule has 0 aliphatic heterocycles. The fourth-order valence-electron chi connectivity index (χ4n) is 3.89. The normalized spacial score (nSPS) is 11.2. The van der Waals surface area contributed by atoms with E-state index in [4.69, 9.17) is 13.9 Å². The zero-order valence-corrected chi connectivity index (χ0v) is 19.6. The average molecular weight is 438 g/mol. The maximum absolute atomic E-state index is 12.7. The zero-order chi connectivity index (χ0) is 22.8. The Morgan fingerprint density at radius 1 is 0.844 bits per heavy atom. The molecule has 0 N–H and O–H groups in total. The van der Waals surface area contributed by atoms with Crippen molar-refractivity contribution in [3.63, 3.8) is 0 Å². The first-order valence-electron chi connectivity index (χ1n) is 11.7. The van der Waals surface area contributed by atoms with Gasteiger partial charge in [0.25, 0.3) is 0 Å². The minimum atomic E-state index is -0.0746. The second-order valence-electron chi connectivity index (χ2n) is 8.11. The summed E-state index contributed by atoms with van der Waals surface area (Å²) in [5, 5.41) is 0.537. The van der Waals surface area contributed by atoms with E-state index in [1.54, 1.807) is 13.2 Å². The van der Waals surface area contributed by atoms with E-state index in [1.165, 1.54) is 38.4 Å². The molecule has 0 unspecified atom stereocenters. The quantitative estimate of drug-likeness (QED) is 0.301. The van der Waals surface area contributed by atoms with Crippen LogP contribution in [0.25, 0.3) is 22.3 Å². The summed E-state index contributed by atoms with van der Waals surface area (Å²) in [5.74, 6) is 2.01. The molecule has 0 radical (unpaired) electrons. The summed E-state index contributed by atoms with van der Waals surface area (Å²) in [4.78, 5) is 15.2. The third-order valence-electron chi connectivity index (χ3n) is 5.54. The molecule has 0 aliphatic rings. The predicted octanol–water partition coefficient (Wildman–Crippen LogP) is 6.14. The van der Waals surface area contributed by atoms with E-state index < -0.39 is 0 Å². The van der Waals surface area contributed by atoms with Crippen LogP contribution in [-0.4, -0.2) is 38.3 Å². The van der Waals surface area contributed by atoms with Gasteiger partial charge in [0.2, 0.25) is 0 Å². The van der Waals surface area contributed by atoms with Gasteiger partial charge >= 0.3 is 0 Å². The molecule has 32 heavy (non-hydrogen) atoms. The molecule has 3 aromatic rings. The van der Waals surface area contributed by atoms with Crippen molar-refractivity contribution < 1.29 is 13.9 Å². The van der Waals surface area contributed by atoms with E-state index in [-0.39, 0.29) is 5.43 Å². The predicted molar refractivity (Wildman–Crippen MR) is 131 cm³/mol. The van der Waals surface area contributed by atoms with Gasteiger partial charge in [-0.3, -0.25) is 4.79 Å². The van der Waals surface area contributed by atoms with E-state index in [0.717, 1.165) is 30.7 Å². The molecular formula is C27H35NO4. The Bertz CT molecular complexity index is 1020. The number of unbranched alkanes of at least 4 members (excludes halogenated alkanes) is 2. The SMILES string of the molecule is CCCN(CCC)CCCCCOc1ccc2oc(-c3ccc(OC)cc3)cc(=O)c2c1. The van der Waals surface area contributed by atoms with Crippen LogP contribution in [0, 0.1) is 0 Å². The average Bonchev–Trinajstić information content (AvgIpc) is 2.81. The lowest BCUT2D eigenvalue weighted by atomic mass is 10.1. The smallest absolute Gasteiger partial charge is 0.193 e. The fourth-order valence-corrected chi connectivity index (χ4v) is 3.89. The lowest BCUT2D eigenvalue weighted by Gasteiger charge is -2.20. The molecule has 2 aromatic carbocycles. The van der Waals surface area contributed by atoms with Crippen molar-refractivity contribution in [2.75, 3.05) is 33.4 Å². The van der Waals surface area contributed by atoms with E-state index in [1.807, 2.05) is 36.4 Å². The molecule has 0 bridgehead atoms. The first-order valence-corrected chi connectivity index (χ1v) is 11.7. The Balaban J connectivity index is 1.55. The molecule has 0 fully saturated rings. The second-order valence-corrected chi connectivity index (χ2v) is 8.11. The monoisotopic (exact) mass is 437 g/mol. The molecule has 3 rings (SSSR count). The third kappa shape index (κ3) is 6.60. The molecule has 0 saturated heterocycles. The molecule has 5 heteroatoms. The Morgan fingerprint density at radius 2 is 1.56 bits per heavy atom. The van der Waals surface area contributed by atoms with Gasteiger partial charge in [0, 0.05) is 11.6 Å². The molecule has 1 aromatic heterocycles. The molecule has 1 heterocycles. The molecule has 0 saturated carbocycles. The number of fused-ring (bicyclic) bond motifs is 1. The number of rotatable bonds is 13. The molecule has 5 nitrogen and oxygen atoms in total. The largest absolute Gasteiger partial charge is 0.497 e. The minimum Gasteiger partial charge on any atom is -0.497 e. The van der Waals surface area contributed by atoms with Crippen molar-refractivity contribution in [1.82, 2.24) is 4.90 Å². The number of hydrogen-bond acceptors (Lipinski definition) is 5. The number of methoxy groups -OCH3 is 1. The van der Waals surface area contributed by atoms with E-state index in [9.17, 15) is 4.79 Å². The van der Waals surface area contributed by atoms with Crippen molar-refractivity contribution in [1.29, 1.82) is 0 Å². The van der Waals surface area contributed by atoms with Gasteiger partial charge in [-0.1, -0.05) is 13.8 Å². The van der Waals surface area contributed by atoms with Crippen molar-refractivity contribution >= 4 is 11.0 Å². The van der Waals surface area contributed by atoms with Crippen LogP contribution < -0.4 is 14.9 Å². The summed E-state index contributed by atoms with van der Waals surface area (Å²) in [5.41, 5.74) is 1.32. The van der Waals surface area contributed by atoms with Crippen molar-refractivity contribution in [2.24, 2.45) is 0 Å². The van der Waals surface area contributed by atoms with Crippen molar-refractivity contribution in [3.05, 3.63) is 58.8 Å². The van der Waals surface area contributed by atoms with Crippen LogP contribution in [-0.2, 0) is 0 Å². The van der Waals surface area contributed by atoms with Crippen molar-refractivity contribution in [3.8, 4) is 22.8 Å². The topological polar surface area (TPSA) is 51.9 Å². The number of hydrogen-bond donors (Lipinski definition) is 0. The highest BCUT2D eigenvalue weighted by atomic mass is 16.5. The summed E-state index contributed by atoms with van der Waals surface area (Å²) in [6.07, 6.45) is 5.76.